The average molecular weight is 197 g/mol. The molecular formula is C12H23NO. The van der Waals surface area contributed by atoms with E-state index in [9.17, 15) is 0 Å². The van der Waals surface area contributed by atoms with Crippen molar-refractivity contribution in [2.24, 2.45) is 5.41 Å². The van der Waals surface area contributed by atoms with Gasteiger partial charge in [0.05, 0.1) is 0 Å². The van der Waals surface area contributed by atoms with Gasteiger partial charge < -0.3 is 10.1 Å². The Labute approximate surface area is 87.4 Å². The summed E-state index contributed by atoms with van der Waals surface area (Å²) in [7, 11) is 0. The van der Waals surface area contributed by atoms with Crippen LogP contribution in [0.1, 0.15) is 46.0 Å². The summed E-state index contributed by atoms with van der Waals surface area (Å²) in [6.07, 6.45) is 6.44. The van der Waals surface area contributed by atoms with E-state index in [1.165, 1.54) is 32.1 Å². The molecule has 2 heteroatoms. The molecule has 0 amide bonds. The van der Waals surface area contributed by atoms with E-state index in [0.29, 0.717) is 5.41 Å². The summed E-state index contributed by atoms with van der Waals surface area (Å²) in [5.41, 5.74) is 0.596. The molecule has 1 saturated heterocycles. The first-order chi connectivity index (χ1) is 6.66. The Bertz CT molecular complexity index is 175. The summed E-state index contributed by atoms with van der Waals surface area (Å²) >= 11 is 0. The van der Waals surface area contributed by atoms with Crippen LogP contribution in [0.2, 0.25) is 0 Å². The number of nitrogens with one attached hydrogen (secondary N) is 1. The molecule has 1 unspecified atom stereocenters. The second-order valence-electron chi connectivity index (χ2n) is 5.68. The van der Waals surface area contributed by atoms with Gasteiger partial charge in [0, 0.05) is 25.3 Å². The Hall–Kier alpha value is -0.0800. The highest BCUT2D eigenvalue weighted by atomic mass is 16.5. The van der Waals surface area contributed by atoms with Crippen molar-refractivity contribution in [3.8, 4) is 0 Å². The third-order valence-electron chi connectivity index (χ3n) is 3.52. The smallest absolute Gasteiger partial charge is 0.0480 e. The zero-order chi connectivity index (χ0) is 10.0. The van der Waals surface area contributed by atoms with Crippen LogP contribution in [0.15, 0.2) is 0 Å². The quantitative estimate of drug-likeness (QED) is 0.733. The van der Waals surface area contributed by atoms with Crippen molar-refractivity contribution in [2.45, 2.75) is 58.0 Å². The lowest BCUT2D eigenvalue weighted by Gasteiger charge is -2.44. The van der Waals surface area contributed by atoms with Crippen molar-refractivity contribution in [3.05, 3.63) is 0 Å². The molecule has 1 heterocycles. The van der Waals surface area contributed by atoms with Crippen LogP contribution in [0.25, 0.3) is 0 Å². The third kappa shape index (κ3) is 2.71. The lowest BCUT2D eigenvalue weighted by molar-refractivity contribution is 0.110. The largest absolute Gasteiger partial charge is 0.381 e. The molecule has 0 aromatic rings. The summed E-state index contributed by atoms with van der Waals surface area (Å²) < 4.78 is 5.46. The van der Waals surface area contributed by atoms with Gasteiger partial charge in [0.25, 0.3) is 0 Å². The lowest BCUT2D eigenvalue weighted by Crippen LogP contribution is -2.49. The predicted octanol–water partition coefficient (Wildman–Crippen LogP) is 2.33. The summed E-state index contributed by atoms with van der Waals surface area (Å²) in [5, 5.41) is 3.77. The standard InChI is InChI=1S/C12H23NO/c1-12(2)8-11(9-12)13-10-4-3-6-14-7-5-10/h10-11,13H,3-9H2,1-2H3. The van der Waals surface area contributed by atoms with Gasteiger partial charge in [-0.2, -0.15) is 0 Å². The van der Waals surface area contributed by atoms with E-state index in [4.69, 9.17) is 4.74 Å². The minimum absolute atomic E-state index is 0.596. The minimum Gasteiger partial charge on any atom is -0.381 e. The van der Waals surface area contributed by atoms with Crippen molar-refractivity contribution in [3.63, 3.8) is 0 Å². The summed E-state index contributed by atoms with van der Waals surface area (Å²) in [6.45, 7) is 6.64. The van der Waals surface area contributed by atoms with E-state index in [0.717, 1.165) is 25.3 Å². The molecule has 0 aromatic carbocycles. The van der Waals surface area contributed by atoms with Crippen LogP contribution in [0.4, 0.5) is 0 Å². The molecule has 1 N–H and O–H groups in total. The van der Waals surface area contributed by atoms with E-state index in [1.54, 1.807) is 0 Å². The molecule has 1 aliphatic carbocycles. The van der Waals surface area contributed by atoms with Gasteiger partial charge >= 0.3 is 0 Å². The van der Waals surface area contributed by atoms with Crippen molar-refractivity contribution >= 4 is 0 Å². The molecule has 0 bridgehead atoms. The van der Waals surface area contributed by atoms with Crippen LogP contribution >= 0.6 is 0 Å². The monoisotopic (exact) mass is 197 g/mol. The van der Waals surface area contributed by atoms with Crippen LogP contribution < -0.4 is 5.32 Å². The van der Waals surface area contributed by atoms with Gasteiger partial charge in [-0.3, -0.25) is 0 Å². The first-order valence-electron chi connectivity index (χ1n) is 5.99. The number of rotatable bonds is 2. The third-order valence-corrected chi connectivity index (χ3v) is 3.52. The fourth-order valence-corrected chi connectivity index (χ4v) is 2.80. The maximum atomic E-state index is 5.46. The van der Waals surface area contributed by atoms with E-state index in [2.05, 4.69) is 19.2 Å². The molecule has 14 heavy (non-hydrogen) atoms. The van der Waals surface area contributed by atoms with Gasteiger partial charge in [0.15, 0.2) is 0 Å². The summed E-state index contributed by atoms with van der Waals surface area (Å²) in [6, 6.07) is 1.51. The zero-order valence-electron chi connectivity index (χ0n) is 9.51. The van der Waals surface area contributed by atoms with Crippen LogP contribution in [0.3, 0.4) is 0 Å². The summed E-state index contributed by atoms with van der Waals surface area (Å²) in [5.74, 6) is 0. The minimum atomic E-state index is 0.596. The zero-order valence-corrected chi connectivity index (χ0v) is 9.51. The van der Waals surface area contributed by atoms with E-state index >= 15 is 0 Å². The molecule has 2 nitrogen and oxygen atoms in total. The molecule has 1 saturated carbocycles. The first kappa shape index (κ1) is 10.4. The van der Waals surface area contributed by atoms with Gasteiger partial charge in [0.1, 0.15) is 0 Å². The molecule has 1 atom stereocenters. The number of hydrogen-bond acceptors (Lipinski definition) is 2. The SMILES string of the molecule is CC1(C)CC(NC2CCCOCC2)C1. The van der Waals surface area contributed by atoms with E-state index in [-0.39, 0.29) is 0 Å². The second kappa shape index (κ2) is 4.19. The molecule has 1 aliphatic heterocycles. The van der Waals surface area contributed by atoms with Gasteiger partial charge in [-0.05, 0) is 37.5 Å². The normalized spacial score (nSPS) is 33.4. The van der Waals surface area contributed by atoms with Gasteiger partial charge in [-0.25, -0.2) is 0 Å². The molecule has 82 valence electrons. The van der Waals surface area contributed by atoms with Gasteiger partial charge in [0.2, 0.25) is 0 Å². The first-order valence-corrected chi connectivity index (χ1v) is 5.99. The Morgan fingerprint density at radius 2 is 1.86 bits per heavy atom. The summed E-state index contributed by atoms with van der Waals surface area (Å²) in [4.78, 5) is 0. The van der Waals surface area contributed by atoms with E-state index in [1.807, 2.05) is 0 Å². The topological polar surface area (TPSA) is 21.3 Å². The highest BCUT2D eigenvalue weighted by molar-refractivity contribution is 4.93. The lowest BCUT2D eigenvalue weighted by atomic mass is 9.68. The molecule has 0 radical (unpaired) electrons. The Morgan fingerprint density at radius 3 is 2.57 bits per heavy atom. The maximum Gasteiger partial charge on any atom is 0.0480 e. The van der Waals surface area contributed by atoms with Gasteiger partial charge in [-0.15, -0.1) is 0 Å². The maximum absolute atomic E-state index is 5.46. The van der Waals surface area contributed by atoms with Gasteiger partial charge in [-0.1, -0.05) is 13.8 Å². The highest BCUT2D eigenvalue weighted by Gasteiger charge is 2.36. The molecule has 0 spiro atoms. The van der Waals surface area contributed by atoms with Crippen molar-refractivity contribution in [2.75, 3.05) is 13.2 Å². The van der Waals surface area contributed by atoms with Crippen molar-refractivity contribution < 1.29 is 4.74 Å². The molecule has 2 aliphatic rings. The van der Waals surface area contributed by atoms with Crippen molar-refractivity contribution in [1.29, 1.82) is 0 Å². The fourth-order valence-electron chi connectivity index (χ4n) is 2.80. The second-order valence-corrected chi connectivity index (χ2v) is 5.68. The number of ether oxygens (including phenoxy) is 1. The Kier molecular flexibility index (Phi) is 3.13. The van der Waals surface area contributed by atoms with E-state index < -0.39 is 0 Å². The molecular weight excluding hydrogens is 174 g/mol. The van der Waals surface area contributed by atoms with Crippen LogP contribution in [-0.2, 0) is 4.74 Å². The van der Waals surface area contributed by atoms with Crippen LogP contribution in [0.5, 0.6) is 0 Å². The molecule has 0 aromatic heterocycles. The fraction of sp³-hybridized carbons (Fsp3) is 1.00. The molecule has 2 rings (SSSR count). The number of hydrogen-bond donors (Lipinski definition) is 1. The molecule has 2 fully saturated rings. The predicted molar refractivity (Wildman–Crippen MR) is 58.4 cm³/mol. The van der Waals surface area contributed by atoms with Crippen LogP contribution in [-0.4, -0.2) is 25.3 Å². The van der Waals surface area contributed by atoms with Crippen LogP contribution in [0, 0.1) is 5.41 Å². The average Bonchev–Trinajstić information content (AvgIpc) is 2.29. The Morgan fingerprint density at radius 1 is 1.07 bits per heavy atom. The van der Waals surface area contributed by atoms with Crippen molar-refractivity contribution in [1.82, 2.24) is 5.32 Å². The highest BCUT2D eigenvalue weighted by Crippen LogP contribution is 2.40. The Balaban J connectivity index is 1.69.